The average Bonchev–Trinajstić information content (AvgIpc) is 3.00. The summed E-state index contributed by atoms with van der Waals surface area (Å²) in [4.78, 5) is 2.62. The summed E-state index contributed by atoms with van der Waals surface area (Å²) in [7, 11) is 0. The lowest BCUT2D eigenvalue weighted by Crippen LogP contribution is -2.52. The normalized spacial score (nSPS) is 23.8. The third-order valence-corrected chi connectivity index (χ3v) is 5.33. The van der Waals surface area contributed by atoms with Gasteiger partial charge < -0.3 is 9.47 Å². The molecule has 21 heavy (non-hydrogen) atoms. The molecular formula is C18H27NO2. The van der Waals surface area contributed by atoms with Gasteiger partial charge in [-0.15, -0.1) is 0 Å². The van der Waals surface area contributed by atoms with Crippen LogP contribution in [0.5, 0.6) is 0 Å². The molecule has 1 saturated heterocycles. The number of ether oxygens (including phenoxy) is 2. The van der Waals surface area contributed by atoms with Crippen molar-refractivity contribution < 1.29 is 9.47 Å². The van der Waals surface area contributed by atoms with Crippen molar-refractivity contribution in [1.82, 2.24) is 4.90 Å². The van der Waals surface area contributed by atoms with Crippen molar-refractivity contribution in [3.8, 4) is 0 Å². The third-order valence-electron chi connectivity index (χ3n) is 5.33. The van der Waals surface area contributed by atoms with Gasteiger partial charge in [0.15, 0.2) is 5.79 Å². The molecule has 1 aromatic carbocycles. The Morgan fingerprint density at radius 3 is 2.00 bits per heavy atom. The Labute approximate surface area is 128 Å². The Bertz CT molecular complexity index is 440. The minimum atomic E-state index is -0.286. The minimum absolute atomic E-state index is 0.144. The van der Waals surface area contributed by atoms with Crippen molar-refractivity contribution in [3.63, 3.8) is 0 Å². The maximum absolute atomic E-state index is 5.92. The van der Waals surface area contributed by atoms with Crippen LogP contribution >= 0.6 is 0 Å². The summed E-state index contributed by atoms with van der Waals surface area (Å²) in [6.07, 6.45) is 4.22. The summed E-state index contributed by atoms with van der Waals surface area (Å²) in [5, 5.41) is 0. The molecule has 116 valence electrons. The van der Waals surface area contributed by atoms with E-state index in [9.17, 15) is 0 Å². The highest BCUT2D eigenvalue weighted by Crippen LogP contribution is 2.48. The minimum Gasteiger partial charge on any atom is -0.348 e. The van der Waals surface area contributed by atoms with E-state index in [-0.39, 0.29) is 11.3 Å². The van der Waals surface area contributed by atoms with Gasteiger partial charge in [0.05, 0.1) is 13.2 Å². The van der Waals surface area contributed by atoms with Gasteiger partial charge >= 0.3 is 0 Å². The van der Waals surface area contributed by atoms with Crippen LogP contribution in [0.15, 0.2) is 30.3 Å². The van der Waals surface area contributed by atoms with Gasteiger partial charge in [-0.1, -0.05) is 44.2 Å². The highest BCUT2D eigenvalue weighted by Gasteiger charge is 2.48. The van der Waals surface area contributed by atoms with E-state index in [0.717, 1.165) is 52.0 Å². The van der Waals surface area contributed by atoms with Crippen LogP contribution in [0.3, 0.4) is 0 Å². The van der Waals surface area contributed by atoms with Crippen molar-refractivity contribution in [2.24, 2.45) is 0 Å². The SMILES string of the molecule is CCN(CC)C1(c2ccccc2)CCC2(CC1)OCCO2. The first-order valence-electron chi connectivity index (χ1n) is 8.33. The van der Waals surface area contributed by atoms with Gasteiger partial charge in [-0.25, -0.2) is 0 Å². The van der Waals surface area contributed by atoms with Gasteiger partial charge in [0.2, 0.25) is 0 Å². The molecule has 2 fully saturated rings. The molecule has 1 aromatic rings. The summed E-state index contributed by atoms with van der Waals surface area (Å²) >= 11 is 0. The molecule has 0 unspecified atom stereocenters. The number of benzene rings is 1. The lowest BCUT2D eigenvalue weighted by atomic mass is 9.73. The standard InChI is InChI=1S/C18H27NO2/c1-3-19(4-2)17(16-8-6-5-7-9-16)10-12-18(13-11-17)20-14-15-21-18/h5-9H,3-4,10-15H2,1-2H3. The summed E-state index contributed by atoms with van der Waals surface area (Å²) < 4.78 is 11.8. The van der Waals surface area contributed by atoms with Crippen molar-refractivity contribution in [3.05, 3.63) is 35.9 Å². The Hall–Kier alpha value is -0.900. The second kappa shape index (κ2) is 6.07. The van der Waals surface area contributed by atoms with E-state index < -0.39 is 0 Å². The second-order valence-electron chi connectivity index (χ2n) is 6.18. The fourth-order valence-corrected chi connectivity index (χ4v) is 4.19. The van der Waals surface area contributed by atoms with Crippen molar-refractivity contribution >= 4 is 0 Å². The molecule has 1 heterocycles. The summed E-state index contributed by atoms with van der Waals surface area (Å²) in [5.74, 6) is -0.286. The molecule has 3 rings (SSSR count). The topological polar surface area (TPSA) is 21.7 Å². The van der Waals surface area contributed by atoms with Gasteiger partial charge in [-0.2, -0.15) is 0 Å². The molecule has 3 nitrogen and oxygen atoms in total. The molecule has 0 atom stereocenters. The van der Waals surface area contributed by atoms with Crippen LogP contribution in [-0.4, -0.2) is 37.0 Å². The first kappa shape index (κ1) is 15.0. The van der Waals surface area contributed by atoms with Crippen molar-refractivity contribution in [1.29, 1.82) is 0 Å². The fraction of sp³-hybridized carbons (Fsp3) is 0.667. The molecular weight excluding hydrogens is 262 g/mol. The molecule has 2 aliphatic rings. The average molecular weight is 289 g/mol. The van der Waals surface area contributed by atoms with Crippen LogP contribution < -0.4 is 0 Å². The Morgan fingerprint density at radius 1 is 0.905 bits per heavy atom. The maximum Gasteiger partial charge on any atom is 0.168 e. The number of hydrogen-bond acceptors (Lipinski definition) is 3. The van der Waals surface area contributed by atoms with Gasteiger partial charge in [0, 0.05) is 18.4 Å². The number of hydrogen-bond donors (Lipinski definition) is 0. The first-order valence-corrected chi connectivity index (χ1v) is 8.33. The van der Waals surface area contributed by atoms with E-state index in [0.29, 0.717) is 0 Å². The second-order valence-corrected chi connectivity index (χ2v) is 6.18. The zero-order chi connectivity index (χ0) is 14.8. The lowest BCUT2D eigenvalue weighted by molar-refractivity contribution is -0.195. The van der Waals surface area contributed by atoms with E-state index in [1.54, 1.807) is 0 Å². The summed E-state index contributed by atoms with van der Waals surface area (Å²) in [6, 6.07) is 11.0. The fourth-order valence-electron chi connectivity index (χ4n) is 4.19. The third kappa shape index (κ3) is 2.63. The molecule has 0 aromatic heterocycles. The molecule has 1 aliphatic heterocycles. The van der Waals surface area contributed by atoms with Crippen molar-refractivity contribution in [2.75, 3.05) is 26.3 Å². The molecule has 0 radical (unpaired) electrons. The van der Waals surface area contributed by atoms with E-state index in [2.05, 4.69) is 49.1 Å². The highest BCUT2D eigenvalue weighted by molar-refractivity contribution is 5.26. The van der Waals surface area contributed by atoms with Crippen LogP contribution in [0.4, 0.5) is 0 Å². The highest BCUT2D eigenvalue weighted by atomic mass is 16.7. The summed E-state index contributed by atoms with van der Waals surface area (Å²) in [5.41, 5.74) is 1.59. The molecule has 1 saturated carbocycles. The quantitative estimate of drug-likeness (QED) is 0.846. The van der Waals surface area contributed by atoms with Gasteiger partial charge in [0.25, 0.3) is 0 Å². The Morgan fingerprint density at radius 2 is 1.48 bits per heavy atom. The van der Waals surface area contributed by atoms with Crippen LogP contribution in [0.25, 0.3) is 0 Å². The van der Waals surface area contributed by atoms with Crippen LogP contribution in [0.2, 0.25) is 0 Å². The van der Waals surface area contributed by atoms with Gasteiger partial charge in [-0.3, -0.25) is 4.90 Å². The van der Waals surface area contributed by atoms with E-state index in [1.807, 2.05) is 0 Å². The predicted molar refractivity (Wildman–Crippen MR) is 84.1 cm³/mol. The maximum atomic E-state index is 5.92. The smallest absolute Gasteiger partial charge is 0.168 e. The summed E-state index contributed by atoms with van der Waals surface area (Å²) in [6.45, 7) is 8.20. The van der Waals surface area contributed by atoms with Crippen LogP contribution in [0, 0.1) is 0 Å². The predicted octanol–water partition coefficient (Wildman–Crippen LogP) is 3.54. The lowest BCUT2D eigenvalue weighted by Gasteiger charge is -2.50. The van der Waals surface area contributed by atoms with Gasteiger partial charge in [0.1, 0.15) is 0 Å². The van der Waals surface area contributed by atoms with Crippen LogP contribution in [-0.2, 0) is 15.0 Å². The van der Waals surface area contributed by atoms with E-state index in [1.165, 1.54) is 5.56 Å². The Kier molecular flexibility index (Phi) is 4.34. The molecule has 3 heteroatoms. The van der Waals surface area contributed by atoms with E-state index >= 15 is 0 Å². The molecule has 0 amide bonds. The van der Waals surface area contributed by atoms with E-state index in [4.69, 9.17) is 9.47 Å². The molecule has 1 spiro atoms. The molecule has 1 aliphatic carbocycles. The number of nitrogens with zero attached hydrogens (tertiary/aromatic N) is 1. The van der Waals surface area contributed by atoms with Gasteiger partial charge in [-0.05, 0) is 31.5 Å². The van der Waals surface area contributed by atoms with Crippen LogP contribution in [0.1, 0.15) is 45.1 Å². The largest absolute Gasteiger partial charge is 0.348 e. The molecule has 0 N–H and O–H groups in total. The number of rotatable bonds is 4. The zero-order valence-electron chi connectivity index (χ0n) is 13.3. The molecule has 0 bridgehead atoms. The first-order chi connectivity index (χ1) is 10.2. The van der Waals surface area contributed by atoms with Crippen molar-refractivity contribution in [2.45, 2.75) is 50.9 Å². The Balaban J connectivity index is 1.88. The monoisotopic (exact) mass is 289 g/mol. The zero-order valence-corrected chi connectivity index (χ0v) is 13.3.